The van der Waals surface area contributed by atoms with E-state index in [4.69, 9.17) is 0 Å². The Balaban J connectivity index is 3.44. The highest BCUT2D eigenvalue weighted by Crippen LogP contribution is 2.19. The average Bonchev–Trinajstić information content (AvgIpc) is 3.31. The fourth-order valence-electron chi connectivity index (χ4n) is 9.93. The topological polar surface area (TPSA) is 89.8 Å². The highest BCUT2D eigenvalue weighted by molar-refractivity contribution is 5.76. The first-order valence-electron chi connectivity index (χ1n) is 30.5. The van der Waals surface area contributed by atoms with Crippen LogP contribution in [-0.2, 0) is 4.79 Å². The minimum absolute atomic E-state index is 0.0412. The van der Waals surface area contributed by atoms with Crippen LogP contribution in [0.25, 0.3) is 0 Å². The van der Waals surface area contributed by atoms with Crippen LogP contribution < -0.4 is 5.32 Å². The summed E-state index contributed by atoms with van der Waals surface area (Å²) in [6, 6.07) is -0.656. The molecule has 5 nitrogen and oxygen atoms in total. The molecule has 0 aromatic heterocycles. The molecular formula is C61H121NO4. The molecule has 0 radical (unpaired) electrons. The number of hydrogen-bond acceptors (Lipinski definition) is 4. The van der Waals surface area contributed by atoms with Gasteiger partial charge in [0.05, 0.1) is 31.3 Å². The quantitative estimate of drug-likeness (QED) is 0.0361. The van der Waals surface area contributed by atoms with Gasteiger partial charge < -0.3 is 20.6 Å². The van der Waals surface area contributed by atoms with Crippen molar-refractivity contribution in [3.63, 3.8) is 0 Å². The number of allylic oxidation sites excluding steroid dienone is 2. The van der Waals surface area contributed by atoms with Gasteiger partial charge in [-0.2, -0.15) is 0 Å². The van der Waals surface area contributed by atoms with E-state index in [-0.39, 0.29) is 18.9 Å². The Hall–Kier alpha value is -0.910. The van der Waals surface area contributed by atoms with Gasteiger partial charge in [0.15, 0.2) is 0 Å². The number of hydrogen-bond donors (Lipinski definition) is 4. The van der Waals surface area contributed by atoms with Gasteiger partial charge in [0.1, 0.15) is 0 Å². The van der Waals surface area contributed by atoms with E-state index >= 15 is 0 Å². The molecule has 0 fully saturated rings. The minimum Gasteiger partial charge on any atom is -0.394 e. The zero-order chi connectivity index (χ0) is 47.9. The lowest BCUT2D eigenvalue weighted by molar-refractivity contribution is -0.125. The van der Waals surface area contributed by atoms with Crippen molar-refractivity contribution in [3.05, 3.63) is 12.2 Å². The second-order valence-corrected chi connectivity index (χ2v) is 21.3. The van der Waals surface area contributed by atoms with E-state index in [1.54, 1.807) is 0 Å². The summed E-state index contributed by atoms with van der Waals surface area (Å²) >= 11 is 0. The van der Waals surface area contributed by atoms with Crippen LogP contribution in [0.2, 0.25) is 0 Å². The van der Waals surface area contributed by atoms with E-state index in [1.807, 2.05) is 0 Å². The van der Waals surface area contributed by atoms with E-state index < -0.39 is 18.2 Å². The first-order valence-corrected chi connectivity index (χ1v) is 30.5. The summed E-state index contributed by atoms with van der Waals surface area (Å²) in [5, 5.41) is 33.6. The Labute approximate surface area is 414 Å². The molecule has 0 aromatic rings. The summed E-state index contributed by atoms with van der Waals surface area (Å²) in [5.74, 6) is -0.276. The second-order valence-electron chi connectivity index (χ2n) is 21.3. The largest absolute Gasteiger partial charge is 0.394 e. The predicted octanol–water partition coefficient (Wildman–Crippen LogP) is 19.1. The van der Waals surface area contributed by atoms with Crippen molar-refractivity contribution in [1.29, 1.82) is 0 Å². The molecule has 0 saturated heterocycles. The summed E-state index contributed by atoms with van der Waals surface area (Å²) in [6.45, 7) is 4.30. The molecule has 0 rings (SSSR count). The van der Waals surface area contributed by atoms with E-state index in [2.05, 4.69) is 31.3 Å². The number of carbonyl (C=O) groups excluding carboxylic acids is 1. The molecule has 0 aliphatic carbocycles. The van der Waals surface area contributed by atoms with Gasteiger partial charge in [0, 0.05) is 0 Å². The number of aliphatic hydroxyl groups excluding tert-OH is 3. The predicted molar refractivity (Wildman–Crippen MR) is 292 cm³/mol. The maximum absolute atomic E-state index is 12.5. The molecule has 0 aliphatic heterocycles. The Morgan fingerprint density at radius 3 is 0.879 bits per heavy atom. The average molecular weight is 933 g/mol. The van der Waals surface area contributed by atoms with Crippen LogP contribution in [-0.4, -0.2) is 46.1 Å². The van der Waals surface area contributed by atoms with Crippen LogP contribution >= 0.6 is 0 Å². The van der Waals surface area contributed by atoms with Gasteiger partial charge >= 0.3 is 0 Å². The van der Waals surface area contributed by atoms with Gasteiger partial charge in [-0.3, -0.25) is 4.79 Å². The third-order valence-corrected chi connectivity index (χ3v) is 14.6. The molecule has 3 unspecified atom stereocenters. The molecular weight excluding hydrogens is 811 g/mol. The van der Waals surface area contributed by atoms with Crippen molar-refractivity contribution in [3.8, 4) is 0 Å². The molecule has 5 heteroatoms. The number of amides is 1. The standard InChI is InChI=1S/C61H121NO4/c1-3-5-7-9-11-13-15-17-19-21-22-23-24-25-26-27-28-29-30-31-32-33-34-35-36-37-38-39-40-42-44-46-48-50-52-54-58(64)56-61(66)62-59(57-63)60(65)55-53-51-49-47-45-43-41-20-18-16-14-12-10-8-6-4-2/h29-30,58-60,63-65H,3-28,31-57H2,1-2H3,(H,62,66)/b30-29-. The van der Waals surface area contributed by atoms with Crippen molar-refractivity contribution in [2.75, 3.05) is 6.61 Å². The Bertz CT molecular complexity index is 940. The van der Waals surface area contributed by atoms with Gasteiger partial charge in [0.25, 0.3) is 0 Å². The van der Waals surface area contributed by atoms with Crippen molar-refractivity contribution in [1.82, 2.24) is 5.32 Å². The molecule has 4 N–H and O–H groups in total. The van der Waals surface area contributed by atoms with Crippen molar-refractivity contribution in [2.24, 2.45) is 0 Å². The number of unbranched alkanes of at least 4 members (excludes halogenated alkanes) is 46. The number of rotatable bonds is 57. The van der Waals surface area contributed by atoms with Gasteiger partial charge in [-0.1, -0.05) is 315 Å². The maximum atomic E-state index is 12.5. The summed E-state index contributed by atoms with van der Waals surface area (Å²) in [6.07, 6.45) is 71.1. The van der Waals surface area contributed by atoms with E-state index in [0.29, 0.717) is 12.8 Å². The van der Waals surface area contributed by atoms with Crippen molar-refractivity contribution in [2.45, 2.75) is 366 Å². The number of carbonyl (C=O) groups is 1. The first-order chi connectivity index (χ1) is 32.5. The van der Waals surface area contributed by atoms with Gasteiger partial charge in [0.2, 0.25) is 5.91 Å². The van der Waals surface area contributed by atoms with Crippen LogP contribution in [0.3, 0.4) is 0 Å². The van der Waals surface area contributed by atoms with Crippen molar-refractivity contribution >= 4 is 5.91 Å². The molecule has 0 saturated carbocycles. The lowest BCUT2D eigenvalue weighted by atomic mass is 10.0. The molecule has 0 heterocycles. The highest BCUT2D eigenvalue weighted by atomic mass is 16.3. The van der Waals surface area contributed by atoms with Gasteiger partial charge in [-0.15, -0.1) is 0 Å². The minimum atomic E-state index is -0.747. The lowest BCUT2D eigenvalue weighted by Crippen LogP contribution is -2.46. The van der Waals surface area contributed by atoms with Crippen LogP contribution in [0.4, 0.5) is 0 Å². The Morgan fingerprint density at radius 1 is 0.364 bits per heavy atom. The maximum Gasteiger partial charge on any atom is 0.222 e. The SMILES string of the molecule is CCCCCCCCCCCCCCCCCC/C=C\CCCCCCCCCCCCCCCCCC(O)CC(=O)NC(CO)C(O)CCCCCCCCCCCCCCCCCC. The summed E-state index contributed by atoms with van der Waals surface area (Å²) < 4.78 is 0. The zero-order valence-corrected chi connectivity index (χ0v) is 45.1. The molecule has 3 atom stereocenters. The lowest BCUT2D eigenvalue weighted by Gasteiger charge is -2.23. The fourth-order valence-corrected chi connectivity index (χ4v) is 9.93. The fraction of sp³-hybridized carbons (Fsp3) is 0.951. The molecule has 394 valence electrons. The molecule has 0 bridgehead atoms. The van der Waals surface area contributed by atoms with Crippen LogP contribution in [0, 0.1) is 0 Å². The summed E-state index contributed by atoms with van der Waals surface area (Å²) in [4.78, 5) is 12.5. The van der Waals surface area contributed by atoms with E-state index in [1.165, 1.54) is 289 Å². The van der Waals surface area contributed by atoms with Crippen molar-refractivity contribution < 1.29 is 20.1 Å². The highest BCUT2D eigenvalue weighted by Gasteiger charge is 2.21. The van der Waals surface area contributed by atoms with Crippen LogP contribution in [0.15, 0.2) is 12.2 Å². The normalized spacial score (nSPS) is 13.2. The number of aliphatic hydroxyl groups is 3. The summed E-state index contributed by atoms with van der Waals surface area (Å²) in [7, 11) is 0. The monoisotopic (exact) mass is 932 g/mol. The third-order valence-electron chi connectivity index (χ3n) is 14.6. The third kappa shape index (κ3) is 52.5. The van der Waals surface area contributed by atoms with Gasteiger partial charge in [-0.05, 0) is 38.5 Å². The van der Waals surface area contributed by atoms with Crippen LogP contribution in [0.1, 0.15) is 348 Å². The Morgan fingerprint density at radius 2 is 0.606 bits per heavy atom. The Kier molecular flexibility index (Phi) is 55.9. The summed E-state index contributed by atoms with van der Waals surface area (Å²) in [5.41, 5.74) is 0. The van der Waals surface area contributed by atoms with Gasteiger partial charge in [-0.25, -0.2) is 0 Å². The molecule has 0 spiro atoms. The van der Waals surface area contributed by atoms with E-state index in [9.17, 15) is 20.1 Å². The molecule has 0 aliphatic rings. The van der Waals surface area contributed by atoms with E-state index in [0.717, 1.165) is 25.7 Å². The molecule has 66 heavy (non-hydrogen) atoms. The second kappa shape index (κ2) is 56.7. The molecule has 0 aromatic carbocycles. The first kappa shape index (κ1) is 65.1. The molecule has 1 amide bonds. The van der Waals surface area contributed by atoms with Crippen LogP contribution in [0.5, 0.6) is 0 Å². The zero-order valence-electron chi connectivity index (χ0n) is 45.1. The number of nitrogens with one attached hydrogen (secondary N) is 1. The smallest absolute Gasteiger partial charge is 0.222 e.